The lowest BCUT2D eigenvalue weighted by atomic mass is 9.78. The van der Waals surface area contributed by atoms with Crippen LogP contribution in [-0.4, -0.2) is 34.8 Å². The van der Waals surface area contributed by atoms with Gasteiger partial charge in [0.15, 0.2) is 0 Å². The number of hydrogen-bond acceptors (Lipinski definition) is 5. The molecule has 0 aliphatic heterocycles. The molecule has 0 aliphatic carbocycles. The van der Waals surface area contributed by atoms with Gasteiger partial charge in [0.05, 0.1) is 26.0 Å². The average molecular weight is 387 g/mol. The molecule has 0 amide bonds. The minimum atomic E-state index is -2.54. The highest BCUT2D eigenvalue weighted by Gasteiger charge is 2.37. The molecule has 0 spiro atoms. The molecule has 3 rings (SSSR count). The van der Waals surface area contributed by atoms with Crippen molar-refractivity contribution in [3.05, 3.63) is 60.2 Å². The third-order valence-corrected chi connectivity index (χ3v) is 4.74. The van der Waals surface area contributed by atoms with Crippen molar-refractivity contribution in [2.75, 3.05) is 19.0 Å². The van der Waals surface area contributed by atoms with Gasteiger partial charge >= 0.3 is 0 Å². The van der Waals surface area contributed by atoms with Crippen LogP contribution in [0.3, 0.4) is 0 Å². The lowest BCUT2D eigenvalue weighted by Crippen LogP contribution is -2.38. The number of nitrogens with zero attached hydrogens (tertiary/aromatic N) is 2. The van der Waals surface area contributed by atoms with Gasteiger partial charge in [0.2, 0.25) is 5.85 Å². The summed E-state index contributed by atoms with van der Waals surface area (Å²) in [7, 11) is 1.47. The number of alkyl halides is 1. The second kappa shape index (κ2) is 7.67. The predicted molar refractivity (Wildman–Crippen MR) is 105 cm³/mol. The number of benzene rings is 2. The highest BCUT2D eigenvalue weighted by atomic mass is 19.2. The van der Waals surface area contributed by atoms with Crippen LogP contribution in [0.15, 0.2) is 48.8 Å². The van der Waals surface area contributed by atoms with Crippen LogP contribution >= 0.6 is 0 Å². The summed E-state index contributed by atoms with van der Waals surface area (Å²) in [6, 6.07) is 9.55. The Kier molecular flexibility index (Phi) is 5.47. The Labute approximate surface area is 162 Å². The van der Waals surface area contributed by atoms with E-state index in [9.17, 15) is 9.50 Å². The van der Waals surface area contributed by atoms with E-state index in [1.54, 1.807) is 32.3 Å². The lowest BCUT2D eigenvalue weighted by Gasteiger charge is -2.33. The van der Waals surface area contributed by atoms with E-state index in [1.165, 1.54) is 25.3 Å². The fourth-order valence-corrected chi connectivity index (χ4v) is 3.46. The first-order valence-electron chi connectivity index (χ1n) is 8.90. The molecule has 148 valence electrons. The Balaban J connectivity index is 1.78. The van der Waals surface area contributed by atoms with Gasteiger partial charge in [0.25, 0.3) is 0 Å². The largest absolute Gasteiger partial charge is 0.496 e. The monoisotopic (exact) mass is 387 g/mol. The van der Waals surface area contributed by atoms with Crippen molar-refractivity contribution in [3.8, 4) is 5.75 Å². The molecule has 0 saturated carbocycles. The van der Waals surface area contributed by atoms with E-state index in [2.05, 4.69) is 15.5 Å². The number of halogens is 2. The SMILES string of the molecule is COc1ccc(F)cc1C(C)(C)CC(O)(F)CNc1cccc2cnncc12. The maximum absolute atomic E-state index is 15.0. The quantitative estimate of drug-likeness (QED) is 0.636. The Bertz CT molecular complexity index is 972. The predicted octanol–water partition coefficient (Wildman–Crippen LogP) is 4.22. The number of nitrogens with one attached hydrogen (secondary N) is 1. The van der Waals surface area contributed by atoms with Crippen molar-refractivity contribution in [2.24, 2.45) is 0 Å². The minimum absolute atomic E-state index is 0.253. The molecular weight excluding hydrogens is 364 g/mol. The molecule has 1 heterocycles. The number of aromatic nitrogens is 2. The average Bonchev–Trinajstić information content (AvgIpc) is 2.65. The van der Waals surface area contributed by atoms with E-state index < -0.39 is 17.1 Å². The Hall–Kier alpha value is -2.80. The second-order valence-electron chi connectivity index (χ2n) is 7.47. The van der Waals surface area contributed by atoms with Crippen LogP contribution in [0.25, 0.3) is 10.8 Å². The van der Waals surface area contributed by atoms with Gasteiger partial charge < -0.3 is 15.2 Å². The summed E-state index contributed by atoms with van der Waals surface area (Å²) < 4.78 is 34.0. The van der Waals surface area contributed by atoms with Crippen LogP contribution in [0.5, 0.6) is 5.75 Å². The van der Waals surface area contributed by atoms with Gasteiger partial charge in [-0.25, -0.2) is 8.78 Å². The van der Waals surface area contributed by atoms with Crippen molar-refractivity contribution >= 4 is 16.5 Å². The molecule has 1 atom stereocenters. The fraction of sp³-hybridized carbons (Fsp3) is 0.333. The summed E-state index contributed by atoms with van der Waals surface area (Å²) in [4.78, 5) is 0. The molecule has 0 aliphatic rings. The highest BCUT2D eigenvalue weighted by Crippen LogP contribution is 2.38. The zero-order valence-corrected chi connectivity index (χ0v) is 16.0. The number of fused-ring (bicyclic) bond motifs is 1. The summed E-state index contributed by atoms with van der Waals surface area (Å²) in [5.74, 6) is -2.53. The molecule has 2 aromatic carbocycles. The second-order valence-corrected chi connectivity index (χ2v) is 7.47. The number of anilines is 1. The van der Waals surface area contributed by atoms with E-state index >= 15 is 4.39 Å². The molecule has 1 aromatic heterocycles. The number of aliphatic hydroxyl groups is 1. The molecule has 0 radical (unpaired) electrons. The molecule has 7 heteroatoms. The van der Waals surface area contributed by atoms with Crippen molar-refractivity contribution in [3.63, 3.8) is 0 Å². The maximum Gasteiger partial charge on any atom is 0.225 e. The topological polar surface area (TPSA) is 67.3 Å². The number of ether oxygens (including phenoxy) is 1. The van der Waals surface area contributed by atoms with Crippen LogP contribution in [0.2, 0.25) is 0 Å². The Morgan fingerprint density at radius 2 is 1.89 bits per heavy atom. The van der Waals surface area contributed by atoms with Gasteiger partial charge in [-0.1, -0.05) is 26.0 Å². The standard InChI is InChI=1S/C21H23F2N3O2/c1-20(2,17-9-15(22)7-8-19(17)28-3)12-21(23,27)13-24-18-6-4-5-14-10-25-26-11-16(14)18/h4-11,24,27H,12-13H2,1-3H3. The van der Waals surface area contributed by atoms with E-state index in [0.29, 0.717) is 17.0 Å². The van der Waals surface area contributed by atoms with Gasteiger partial charge in [0, 0.05) is 28.4 Å². The van der Waals surface area contributed by atoms with Crippen LogP contribution in [0, 0.1) is 5.82 Å². The highest BCUT2D eigenvalue weighted by molar-refractivity contribution is 5.92. The van der Waals surface area contributed by atoms with Gasteiger partial charge in [-0.15, -0.1) is 0 Å². The van der Waals surface area contributed by atoms with Gasteiger partial charge in [-0.05, 0) is 29.7 Å². The van der Waals surface area contributed by atoms with E-state index in [4.69, 9.17) is 4.74 Å². The fourth-order valence-electron chi connectivity index (χ4n) is 3.46. The molecule has 2 N–H and O–H groups in total. The minimum Gasteiger partial charge on any atom is -0.496 e. The first kappa shape index (κ1) is 19.9. The third kappa shape index (κ3) is 4.36. The molecule has 5 nitrogen and oxygen atoms in total. The summed E-state index contributed by atoms with van der Waals surface area (Å²) in [6.45, 7) is 3.14. The molecule has 0 saturated heterocycles. The first-order chi connectivity index (χ1) is 13.2. The summed E-state index contributed by atoms with van der Waals surface area (Å²) >= 11 is 0. The van der Waals surface area contributed by atoms with E-state index in [-0.39, 0.29) is 13.0 Å². The molecule has 3 aromatic rings. The van der Waals surface area contributed by atoms with Gasteiger partial charge in [0.1, 0.15) is 11.6 Å². The third-order valence-electron chi connectivity index (χ3n) is 4.74. The number of hydrogen-bond donors (Lipinski definition) is 2. The first-order valence-corrected chi connectivity index (χ1v) is 8.90. The molecule has 1 unspecified atom stereocenters. The molecule has 0 bridgehead atoms. The maximum atomic E-state index is 15.0. The van der Waals surface area contributed by atoms with Crippen LogP contribution < -0.4 is 10.1 Å². The summed E-state index contributed by atoms with van der Waals surface area (Å²) in [6.07, 6.45) is 2.94. The van der Waals surface area contributed by atoms with Crippen LogP contribution in [0.4, 0.5) is 14.5 Å². The zero-order chi connectivity index (χ0) is 20.4. The van der Waals surface area contributed by atoms with Crippen molar-refractivity contribution in [1.29, 1.82) is 0 Å². The van der Waals surface area contributed by atoms with Crippen molar-refractivity contribution in [1.82, 2.24) is 10.2 Å². The molecular formula is C21H23F2N3O2. The van der Waals surface area contributed by atoms with Crippen LogP contribution in [-0.2, 0) is 5.41 Å². The number of rotatable bonds is 7. The lowest BCUT2D eigenvalue weighted by molar-refractivity contribution is -0.0942. The van der Waals surface area contributed by atoms with E-state index in [0.717, 1.165) is 10.8 Å². The van der Waals surface area contributed by atoms with Crippen LogP contribution in [0.1, 0.15) is 25.8 Å². The normalized spacial score (nSPS) is 13.9. The van der Waals surface area contributed by atoms with Gasteiger partial charge in [-0.3, -0.25) is 0 Å². The molecule has 28 heavy (non-hydrogen) atoms. The Morgan fingerprint density at radius 3 is 2.64 bits per heavy atom. The number of methoxy groups -OCH3 is 1. The summed E-state index contributed by atoms with van der Waals surface area (Å²) in [5.41, 5.74) is 0.263. The van der Waals surface area contributed by atoms with Crippen molar-refractivity contribution in [2.45, 2.75) is 31.5 Å². The summed E-state index contributed by atoms with van der Waals surface area (Å²) in [5, 5.41) is 22.6. The zero-order valence-electron chi connectivity index (χ0n) is 16.0. The van der Waals surface area contributed by atoms with Crippen molar-refractivity contribution < 1.29 is 18.6 Å². The smallest absolute Gasteiger partial charge is 0.225 e. The molecule has 0 fully saturated rings. The van der Waals surface area contributed by atoms with Gasteiger partial charge in [-0.2, -0.15) is 10.2 Å². The van der Waals surface area contributed by atoms with E-state index in [1.807, 2.05) is 12.1 Å². The Morgan fingerprint density at radius 1 is 1.14 bits per heavy atom.